The van der Waals surface area contributed by atoms with E-state index in [2.05, 4.69) is 80.2 Å². The standard InChI is InChI=1S/C23H32N2S/c1-5-6-7-10-19-13-14-23-21(15-19)25(17-18(2)16-24(3)4)20-11-8-9-12-22(20)26-23/h8-9,11-15,18H,5-7,10,16-17H2,1-4H3. The summed E-state index contributed by atoms with van der Waals surface area (Å²) < 4.78 is 0. The lowest BCUT2D eigenvalue weighted by Gasteiger charge is -2.35. The van der Waals surface area contributed by atoms with Crippen molar-refractivity contribution in [2.45, 2.75) is 49.3 Å². The summed E-state index contributed by atoms with van der Waals surface area (Å²) in [7, 11) is 4.33. The molecule has 0 spiro atoms. The summed E-state index contributed by atoms with van der Waals surface area (Å²) in [6, 6.07) is 15.9. The van der Waals surface area contributed by atoms with E-state index in [-0.39, 0.29) is 0 Å². The van der Waals surface area contributed by atoms with Crippen molar-refractivity contribution in [3.8, 4) is 0 Å². The topological polar surface area (TPSA) is 6.48 Å². The summed E-state index contributed by atoms with van der Waals surface area (Å²) in [5.41, 5.74) is 4.23. The number of nitrogens with zero attached hydrogens (tertiary/aromatic N) is 2. The van der Waals surface area contributed by atoms with Crippen LogP contribution in [0.1, 0.15) is 38.7 Å². The van der Waals surface area contributed by atoms with Crippen molar-refractivity contribution >= 4 is 23.1 Å². The summed E-state index contributed by atoms with van der Waals surface area (Å²) in [4.78, 5) is 7.60. The summed E-state index contributed by atoms with van der Waals surface area (Å²) in [5, 5.41) is 0. The molecular weight excluding hydrogens is 336 g/mol. The van der Waals surface area contributed by atoms with E-state index in [4.69, 9.17) is 0 Å². The Morgan fingerprint density at radius 1 is 1.00 bits per heavy atom. The number of para-hydroxylation sites is 1. The minimum Gasteiger partial charge on any atom is -0.339 e. The molecule has 0 aliphatic carbocycles. The van der Waals surface area contributed by atoms with E-state index >= 15 is 0 Å². The second-order valence-corrected chi connectivity index (χ2v) is 8.89. The molecule has 0 aromatic heterocycles. The molecule has 1 unspecified atom stereocenters. The molecule has 1 aliphatic rings. The highest BCUT2D eigenvalue weighted by Gasteiger charge is 2.24. The van der Waals surface area contributed by atoms with Crippen LogP contribution in [0, 0.1) is 5.92 Å². The van der Waals surface area contributed by atoms with Crippen LogP contribution in [0.2, 0.25) is 0 Å². The van der Waals surface area contributed by atoms with Crippen molar-refractivity contribution in [2.24, 2.45) is 5.92 Å². The van der Waals surface area contributed by atoms with Crippen LogP contribution in [0.5, 0.6) is 0 Å². The van der Waals surface area contributed by atoms with Crippen molar-refractivity contribution in [1.82, 2.24) is 4.90 Å². The minimum absolute atomic E-state index is 0.609. The molecule has 0 bridgehead atoms. The van der Waals surface area contributed by atoms with E-state index in [1.165, 1.54) is 52.4 Å². The molecule has 0 fully saturated rings. The van der Waals surface area contributed by atoms with E-state index in [0.29, 0.717) is 5.92 Å². The zero-order valence-corrected chi connectivity index (χ0v) is 17.5. The Morgan fingerprint density at radius 2 is 1.77 bits per heavy atom. The number of fused-ring (bicyclic) bond motifs is 2. The van der Waals surface area contributed by atoms with Gasteiger partial charge in [-0.05, 0) is 62.7 Å². The van der Waals surface area contributed by atoms with Gasteiger partial charge in [0, 0.05) is 22.9 Å². The number of hydrogen-bond acceptors (Lipinski definition) is 3. The highest BCUT2D eigenvalue weighted by Crippen LogP contribution is 2.48. The van der Waals surface area contributed by atoms with Gasteiger partial charge in [-0.3, -0.25) is 0 Å². The molecule has 0 N–H and O–H groups in total. The molecule has 2 aromatic carbocycles. The number of rotatable bonds is 8. The van der Waals surface area contributed by atoms with Gasteiger partial charge in [0.2, 0.25) is 0 Å². The number of aryl methyl sites for hydroxylation is 1. The maximum absolute atomic E-state index is 2.55. The quantitative estimate of drug-likeness (QED) is 0.511. The normalized spacial score (nSPS) is 14.3. The van der Waals surface area contributed by atoms with Crippen LogP contribution in [0.15, 0.2) is 52.3 Å². The second kappa shape index (κ2) is 8.96. The number of benzene rings is 2. The van der Waals surface area contributed by atoms with Gasteiger partial charge in [0.15, 0.2) is 0 Å². The summed E-state index contributed by atoms with van der Waals surface area (Å²) in [6.45, 7) is 6.79. The van der Waals surface area contributed by atoms with Gasteiger partial charge in [-0.1, -0.05) is 56.7 Å². The van der Waals surface area contributed by atoms with Crippen LogP contribution < -0.4 is 4.90 Å². The van der Waals surface area contributed by atoms with Crippen LogP contribution in [0.4, 0.5) is 11.4 Å². The molecule has 3 rings (SSSR count). The number of unbranched alkanes of at least 4 members (excludes halogenated alkanes) is 2. The Morgan fingerprint density at radius 3 is 2.54 bits per heavy atom. The Kier molecular flexibility index (Phi) is 6.66. The Bertz CT molecular complexity index is 726. The van der Waals surface area contributed by atoms with Gasteiger partial charge in [-0.15, -0.1) is 0 Å². The Balaban J connectivity index is 1.90. The van der Waals surface area contributed by atoms with Crippen molar-refractivity contribution in [1.29, 1.82) is 0 Å². The monoisotopic (exact) mass is 368 g/mol. The van der Waals surface area contributed by atoms with Gasteiger partial charge in [-0.2, -0.15) is 0 Å². The van der Waals surface area contributed by atoms with E-state index in [1.54, 1.807) is 0 Å². The summed E-state index contributed by atoms with van der Waals surface area (Å²) in [6.07, 6.45) is 5.07. The molecular formula is C23H32N2S. The van der Waals surface area contributed by atoms with Crippen molar-refractivity contribution in [2.75, 3.05) is 32.1 Å². The molecule has 1 heterocycles. The first-order valence-electron chi connectivity index (χ1n) is 9.90. The molecule has 2 aromatic rings. The predicted molar refractivity (Wildman–Crippen MR) is 115 cm³/mol. The Hall–Kier alpha value is -1.45. The highest BCUT2D eigenvalue weighted by molar-refractivity contribution is 7.99. The third kappa shape index (κ3) is 4.63. The molecule has 3 heteroatoms. The van der Waals surface area contributed by atoms with Crippen LogP contribution in [0.3, 0.4) is 0 Å². The van der Waals surface area contributed by atoms with E-state index in [1.807, 2.05) is 11.8 Å². The van der Waals surface area contributed by atoms with E-state index < -0.39 is 0 Å². The van der Waals surface area contributed by atoms with Gasteiger partial charge in [0.1, 0.15) is 0 Å². The molecule has 0 saturated carbocycles. The fourth-order valence-electron chi connectivity index (χ4n) is 3.80. The molecule has 140 valence electrons. The third-order valence-electron chi connectivity index (χ3n) is 4.93. The molecule has 0 saturated heterocycles. The fraction of sp³-hybridized carbons (Fsp3) is 0.478. The highest BCUT2D eigenvalue weighted by atomic mass is 32.2. The predicted octanol–water partition coefficient (Wildman–Crippen LogP) is 6.22. The van der Waals surface area contributed by atoms with Crippen LogP contribution in [-0.4, -0.2) is 32.1 Å². The number of anilines is 2. The first-order chi connectivity index (χ1) is 12.6. The summed E-state index contributed by atoms with van der Waals surface area (Å²) in [5.74, 6) is 0.609. The average Bonchev–Trinajstić information content (AvgIpc) is 2.61. The van der Waals surface area contributed by atoms with Crippen LogP contribution >= 0.6 is 11.8 Å². The molecule has 26 heavy (non-hydrogen) atoms. The molecule has 2 nitrogen and oxygen atoms in total. The maximum atomic E-state index is 2.55. The zero-order valence-electron chi connectivity index (χ0n) is 16.7. The van der Waals surface area contributed by atoms with Crippen LogP contribution in [0.25, 0.3) is 0 Å². The van der Waals surface area contributed by atoms with Gasteiger partial charge in [0.25, 0.3) is 0 Å². The van der Waals surface area contributed by atoms with E-state index in [9.17, 15) is 0 Å². The van der Waals surface area contributed by atoms with Gasteiger partial charge >= 0.3 is 0 Å². The number of hydrogen-bond donors (Lipinski definition) is 0. The molecule has 0 amide bonds. The zero-order chi connectivity index (χ0) is 18.5. The third-order valence-corrected chi connectivity index (χ3v) is 6.06. The second-order valence-electron chi connectivity index (χ2n) is 7.81. The molecule has 1 aliphatic heterocycles. The smallest absolute Gasteiger partial charge is 0.0555 e. The summed E-state index contributed by atoms with van der Waals surface area (Å²) >= 11 is 1.91. The largest absolute Gasteiger partial charge is 0.339 e. The Labute approximate surface area is 163 Å². The van der Waals surface area contributed by atoms with Crippen molar-refractivity contribution in [3.63, 3.8) is 0 Å². The lowest BCUT2D eigenvalue weighted by atomic mass is 10.0. The van der Waals surface area contributed by atoms with Crippen molar-refractivity contribution in [3.05, 3.63) is 48.0 Å². The first kappa shape index (κ1) is 19.3. The minimum atomic E-state index is 0.609. The lowest BCUT2D eigenvalue weighted by molar-refractivity contribution is 0.343. The van der Waals surface area contributed by atoms with Gasteiger partial charge in [0.05, 0.1) is 11.4 Å². The SMILES string of the molecule is CCCCCc1ccc2c(c1)N(CC(C)CN(C)C)c1ccccc1S2. The van der Waals surface area contributed by atoms with Crippen molar-refractivity contribution < 1.29 is 0 Å². The van der Waals surface area contributed by atoms with Gasteiger partial charge in [-0.25, -0.2) is 0 Å². The first-order valence-corrected chi connectivity index (χ1v) is 10.7. The lowest BCUT2D eigenvalue weighted by Crippen LogP contribution is -2.31. The van der Waals surface area contributed by atoms with E-state index in [0.717, 1.165) is 13.1 Å². The molecule has 1 atom stereocenters. The van der Waals surface area contributed by atoms with Crippen LogP contribution in [-0.2, 0) is 6.42 Å². The fourth-order valence-corrected chi connectivity index (χ4v) is 4.88. The average molecular weight is 369 g/mol. The van der Waals surface area contributed by atoms with Gasteiger partial charge < -0.3 is 9.80 Å². The molecule has 0 radical (unpaired) electrons. The maximum Gasteiger partial charge on any atom is 0.0555 e.